The lowest BCUT2D eigenvalue weighted by Crippen LogP contribution is -2.25. The Morgan fingerprint density at radius 2 is 2.12 bits per heavy atom. The Bertz CT molecular complexity index is 715. The minimum Gasteiger partial charge on any atom is -0.373 e. The second-order valence-corrected chi connectivity index (χ2v) is 7.86. The average Bonchev–Trinajstić information content (AvgIpc) is 3.42. The molecule has 1 atom stereocenters. The fourth-order valence-electron chi connectivity index (χ4n) is 3.53. The van der Waals surface area contributed by atoms with Gasteiger partial charge >= 0.3 is 0 Å². The van der Waals surface area contributed by atoms with E-state index in [9.17, 15) is 4.79 Å². The van der Waals surface area contributed by atoms with E-state index in [0.717, 1.165) is 47.9 Å². The van der Waals surface area contributed by atoms with Crippen molar-refractivity contribution in [2.24, 2.45) is 0 Å². The SMILES string of the molecule is O=C(NCCc1noc(C2CCCC2)n1)c1ccc([C@@H]2CCCO2)s1. The van der Waals surface area contributed by atoms with E-state index < -0.39 is 0 Å². The largest absolute Gasteiger partial charge is 0.373 e. The Balaban J connectivity index is 1.26. The molecule has 1 aliphatic carbocycles. The summed E-state index contributed by atoms with van der Waals surface area (Å²) in [5.41, 5.74) is 0. The Kier molecular flexibility index (Phi) is 5.12. The second-order valence-electron chi connectivity index (χ2n) is 6.74. The van der Waals surface area contributed by atoms with Gasteiger partial charge in [0.25, 0.3) is 5.91 Å². The zero-order chi connectivity index (χ0) is 17.1. The van der Waals surface area contributed by atoms with Gasteiger partial charge in [-0.1, -0.05) is 18.0 Å². The summed E-state index contributed by atoms with van der Waals surface area (Å²) in [5, 5.41) is 6.97. The Labute approximate surface area is 151 Å². The molecule has 1 saturated heterocycles. The van der Waals surface area contributed by atoms with Crippen LogP contribution in [0.15, 0.2) is 16.7 Å². The predicted octanol–water partition coefficient (Wildman–Crippen LogP) is 3.61. The third-order valence-electron chi connectivity index (χ3n) is 4.92. The van der Waals surface area contributed by atoms with E-state index in [1.54, 1.807) is 0 Å². The van der Waals surface area contributed by atoms with Crippen LogP contribution in [0, 0.1) is 0 Å². The number of hydrogen-bond acceptors (Lipinski definition) is 6. The minimum atomic E-state index is -0.0474. The van der Waals surface area contributed by atoms with Crippen molar-refractivity contribution in [1.82, 2.24) is 15.5 Å². The van der Waals surface area contributed by atoms with Gasteiger partial charge in [-0.3, -0.25) is 4.79 Å². The number of aromatic nitrogens is 2. The number of nitrogens with one attached hydrogen (secondary N) is 1. The van der Waals surface area contributed by atoms with Crippen LogP contribution in [0.1, 0.15) is 76.8 Å². The van der Waals surface area contributed by atoms with E-state index in [-0.39, 0.29) is 12.0 Å². The number of carbonyl (C=O) groups excluding carboxylic acids is 1. The molecule has 2 fully saturated rings. The van der Waals surface area contributed by atoms with Crippen LogP contribution < -0.4 is 5.32 Å². The number of rotatable bonds is 6. The number of carbonyl (C=O) groups is 1. The quantitative estimate of drug-likeness (QED) is 0.850. The van der Waals surface area contributed by atoms with Crippen LogP contribution >= 0.6 is 11.3 Å². The maximum Gasteiger partial charge on any atom is 0.261 e. The molecular formula is C18H23N3O3S. The molecule has 7 heteroatoms. The van der Waals surface area contributed by atoms with Gasteiger partial charge < -0.3 is 14.6 Å². The monoisotopic (exact) mass is 361 g/mol. The molecule has 1 aliphatic heterocycles. The van der Waals surface area contributed by atoms with Crippen molar-refractivity contribution in [2.75, 3.05) is 13.2 Å². The van der Waals surface area contributed by atoms with Crippen LogP contribution in [0.2, 0.25) is 0 Å². The van der Waals surface area contributed by atoms with E-state index >= 15 is 0 Å². The summed E-state index contributed by atoms with van der Waals surface area (Å²) in [6, 6.07) is 3.88. The summed E-state index contributed by atoms with van der Waals surface area (Å²) >= 11 is 1.52. The fourth-order valence-corrected chi connectivity index (χ4v) is 4.54. The number of ether oxygens (including phenoxy) is 1. The molecule has 2 aliphatic rings. The molecule has 4 rings (SSSR count). The van der Waals surface area contributed by atoms with Gasteiger partial charge in [-0.15, -0.1) is 11.3 Å². The smallest absolute Gasteiger partial charge is 0.261 e. The predicted molar refractivity (Wildman–Crippen MR) is 93.8 cm³/mol. The molecule has 0 spiro atoms. The van der Waals surface area contributed by atoms with Gasteiger partial charge in [-0.2, -0.15) is 4.98 Å². The van der Waals surface area contributed by atoms with Crippen LogP contribution in [-0.4, -0.2) is 29.2 Å². The summed E-state index contributed by atoms with van der Waals surface area (Å²) in [4.78, 5) is 18.6. The maximum atomic E-state index is 12.3. The van der Waals surface area contributed by atoms with Gasteiger partial charge in [0.15, 0.2) is 5.82 Å². The molecule has 2 aromatic rings. The molecule has 1 N–H and O–H groups in total. The molecular weight excluding hydrogens is 338 g/mol. The van der Waals surface area contributed by atoms with E-state index in [1.165, 1.54) is 24.2 Å². The third-order valence-corrected chi connectivity index (χ3v) is 6.10. The first-order valence-corrected chi connectivity index (χ1v) is 9.93. The number of thiophene rings is 1. The van der Waals surface area contributed by atoms with E-state index in [0.29, 0.717) is 24.7 Å². The van der Waals surface area contributed by atoms with Gasteiger partial charge in [0.2, 0.25) is 5.89 Å². The van der Waals surface area contributed by atoms with Gasteiger partial charge in [0, 0.05) is 30.4 Å². The second kappa shape index (κ2) is 7.66. The van der Waals surface area contributed by atoms with Crippen molar-refractivity contribution in [3.8, 4) is 0 Å². The highest BCUT2D eigenvalue weighted by Gasteiger charge is 2.23. The van der Waals surface area contributed by atoms with Crippen molar-refractivity contribution < 1.29 is 14.1 Å². The van der Waals surface area contributed by atoms with Crippen LogP contribution in [0.3, 0.4) is 0 Å². The van der Waals surface area contributed by atoms with Crippen LogP contribution in [0.5, 0.6) is 0 Å². The number of nitrogens with zero attached hydrogens (tertiary/aromatic N) is 2. The van der Waals surface area contributed by atoms with Crippen LogP contribution in [0.4, 0.5) is 0 Å². The van der Waals surface area contributed by atoms with Crippen molar-refractivity contribution in [2.45, 2.75) is 57.0 Å². The molecule has 0 unspecified atom stereocenters. The Morgan fingerprint density at radius 3 is 2.92 bits per heavy atom. The van der Waals surface area contributed by atoms with Crippen molar-refractivity contribution >= 4 is 17.2 Å². The molecule has 1 saturated carbocycles. The molecule has 2 aromatic heterocycles. The zero-order valence-electron chi connectivity index (χ0n) is 14.2. The summed E-state index contributed by atoms with van der Waals surface area (Å²) in [6.07, 6.45) is 7.67. The molecule has 1 amide bonds. The molecule has 134 valence electrons. The third kappa shape index (κ3) is 3.93. The topological polar surface area (TPSA) is 77.3 Å². The average molecular weight is 361 g/mol. The van der Waals surface area contributed by atoms with Crippen molar-refractivity contribution in [3.63, 3.8) is 0 Å². The van der Waals surface area contributed by atoms with Gasteiger partial charge in [-0.25, -0.2) is 0 Å². The van der Waals surface area contributed by atoms with Crippen LogP contribution in [-0.2, 0) is 11.2 Å². The Hall–Kier alpha value is -1.73. The highest BCUT2D eigenvalue weighted by molar-refractivity contribution is 7.14. The molecule has 0 radical (unpaired) electrons. The zero-order valence-corrected chi connectivity index (χ0v) is 15.0. The maximum absolute atomic E-state index is 12.3. The first kappa shape index (κ1) is 16.7. The van der Waals surface area contributed by atoms with Gasteiger partial charge in [-0.05, 0) is 37.8 Å². The molecule has 0 bridgehead atoms. The standard InChI is InChI=1S/C18H23N3O3S/c22-17(15-8-7-14(25-15)13-6-3-11-23-13)19-10-9-16-20-18(24-21-16)12-4-1-2-5-12/h7-8,12-13H,1-6,9-11H2,(H,19,22)/t13-/m0/s1. The molecule has 3 heterocycles. The van der Waals surface area contributed by atoms with Crippen molar-refractivity contribution in [3.05, 3.63) is 33.6 Å². The number of hydrogen-bond donors (Lipinski definition) is 1. The van der Waals surface area contributed by atoms with Gasteiger partial charge in [0.1, 0.15) is 0 Å². The van der Waals surface area contributed by atoms with E-state index in [4.69, 9.17) is 9.26 Å². The Morgan fingerprint density at radius 1 is 1.24 bits per heavy atom. The van der Waals surface area contributed by atoms with E-state index in [1.807, 2.05) is 12.1 Å². The summed E-state index contributed by atoms with van der Waals surface area (Å²) in [7, 11) is 0. The van der Waals surface area contributed by atoms with Crippen LogP contribution in [0.25, 0.3) is 0 Å². The fraction of sp³-hybridized carbons (Fsp3) is 0.611. The minimum absolute atomic E-state index is 0.0474. The first-order chi connectivity index (χ1) is 12.3. The lowest BCUT2D eigenvalue weighted by atomic mass is 10.1. The van der Waals surface area contributed by atoms with Crippen molar-refractivity contribution in [1.29, 1.82) is 0 Å². The lowest BCUT2D eigenvalue weighted by Gasteiger charge is -2.05. The summed E-state index contributed by atoms with van der Waals surface area (Å²) < 4.78 is 11.0. The normalized spacial score (nSPS) is 21.0. The molecule has 25 heavy (non-hydrogen) atoms. The lowest BCUT2D eigenvalue weighted by molar-refractivity contribution is 0.0958. The molecule has 0 aromatic carbocycles. The molecule has 6 nitrogen and oxygen atoms in total. The van der Waals surface area contributed by atoms with E-state index in [2.05, 4.69) is 15.5 Å². The highest BCUT2D eigenvalue weighted by atomic mass is 32.1. The van der Waals surface area contributed by atoms with Gasteiger partial charge in [0.05, 0.1) is 11.0 Å². The summed E-state index contributed by atoms with van der Waals surface area (Å²) in [6.45, 7) is 1.33. The first-order valence-electron chi connectivity index (χ1n) is 9.11. The number of amides is 1. The highest BCUT2D eigenvalue weighted by Crippen LogP contribution is 2.34. The summed E-state index contributed by atoms with van der Waals surface area (Å²) in [5.74, 6) is 1.82.